The van der Waals surface area contributed by atoms with Gasteiger partial charge in [-0.05, 0) is 18.1 Å². The Morgan fingerprint density at radius 3 is 2.86 bits per heavy atom. The molecule has 5 nitrogen and oxygen atoms in total. The predicted octanol–water partition coefficient (Wildman–Crippen LogP) is 1.17. The van der Waals surface area contributed by atoms with Crippen LogP contribution in [0.2, 0.25) is 0 Å². The fourth-order valence-corrected chi connectivity index (χ4v) is 2.14. The molecule has 0 aliphatic carbocycles. The van der Waals surface area contributed by atoms with Crippen molar-refractivity contribution in [2.75, 3.05) is 13.2 Å². The van der Waals surface area contributed by atoms with E-state index in [1.54, 1.807) is 0 Å². The number of nitrogens with two attached hydrogens (primary N) is 1. The first-order valence-corrected chi connectivity index (χ1v) is 7.12. The zero-order chi connectivity index (χ0) is 15.5. The summed E-state index contributed by atoms with van der Waals surface area (Å²) >= 11 is 0. The molecule has 5 N–H and O–H groups in total. The predicted molar refractivity (Wildman–Crippen MR) is 83.9 cm³/mol. The number of benzene rings is 1. The van der Waals surface area contributed by atoms with Crippen molar-refractivity contribution in [1.29, 1.82) is 0 Å². The Balaban J connectivity index is 1.98. The van der Waals surface area contributed by atoms with E-state index >= 15 is 0 Å². The molecule has 0 saturated heterocycles. The topological polar surface area (TPSA) is 91.1 Å². The number of carbonyl (C=O) groups excluding carboxylic acids is 1. The van der Waals surface area contributed by atoms with Crippen molar-refractivity contribution >= 4 is 16.8 Å². The fourth-order valence-electron chi connectivity index (χ4n) is 2.14. The molecule has 0 unspecified atom stereocenters. The minimum absolute atomic E-state index is 0.0188. The van der Waals surface area contributed by atoms with Crippen LogP contribution < -0.4 is 11.1 Å². The average Bonchev–Trinajstić information content (AvgIpc) is 2.88. The molecule has 1 aromatic heterocycles. The number of aliphatic hydroxyl groups excluding tert-OH is 1. The number of hydrogen-bond donors (Lipinski definition) is 4. The molecule has 1 atom stereocenters. The van der Waals surface area contributed by atoms with E-state index < -0.39 is 6.04 Å². The van der Waals surface area contributed by atoms with Crippen molar-refractivity contribution in [3.05, 3.63) is 36.0 Å². The maximum atomic E-state index is 12.0. The molecule has 21 heavy (non-hydrogen) atoms. The molecule has 1 aromatic carbocycles. The maximum absolute atomic E-state index is 12.0. The fraction of sp³-hybridized carbons (Fsp3) is 0.438. The summed E-state index contributed by atoms with van der Waals surface area (Å²) in [5, 5.41) is 13.1. The Kier molecular flexibility index (Phi) is 4.65. The summed E-state index contributed by atoms with van der Waals surface area (Å²) in [5.41, 5.74) is 7.72. The number of aliphatic hydroxyl groups is 1. The van der Waals surface area contributed by atoms with Gasteiger partial charge in [-0.2, -0.15) is 0 Å². The Labute approximate surface area is 124 Å². The standard InChI is InChI=1S/C16H23N3O2/c1-16(2,10-20)9-19-15(21)13(17)7-11-8-18-14-6-4-3-5-12(11)14/h3-6,8,13,18,20H,7,9-10,17H2,1-2H3,(H,19,21)/t13-/m0/s1. The van der Waals surface area contributed by atoms with Crippen LogP contribution in [0, 0.1) is 5.41 Å². The van der Waals surface area contributed by atoms with Crippen molar-refractivity contribution in [2.24, 2.45) is 11.1 Å². The van der Waals surface area contributed by atoms with Crippen molar-refractivity contribution < 1.29 is 9.90 Å². The van der Waals surface area contributed by atoms with E-state index in [2.05, 4.69) is 10.3 Å². The molecular weight excluding hydrogens is 266 g/mol. The zero-order valence-corrected chi connectivity index (χ0v) is 12.5. The monoisotopic (exact) mass is 289 g/mol. The molecule has 0 aliphatic rings. The molecule has 1 heterocycles. The van der Waals surface area contributed by atoms with Gasteiger partial charge in [0.15, 0.2) is 0 Å². The molecule has 0 radical (unpaired) electrons. The number of amides is 1. The lowest BCUT2D eigenvalue weighted by atomic mass is 9.95. The van der Waals surface area contributed by atoms with E-state index in [0.29, 0.717) is 13.0 Å². The summed E-state index contributed by atoms with van der Waals surface area (Å²) in [6.07, 6.45) is 2.38. The lowest BCUT2D eigenvalue weighted by molar-refractivity contribution is -0.122. The average molecular weight is 289 g/mol. The van der Waals surface area contributed by atoms with Gasteiger partial charge in [0.2, 0.25) is 5.91 Å². The molecule has 0 aliphatic heterocycles. The Morgan fingerprint density at radius 2 is 2.14 bits per heavy atom. The summed E-state index contributed by atoms with van der Waals surface area (Å²) < 4.78 is 0. The van der Waals surface area contributed by atoms with Gasteiger partial charge in [-0.3, -0.25) is 4.79 Å². The van der Waals surface area contributed by atoms with E-state index in [1.165, 1.54) is 0 Å². The number of nitrogens with one attached hydrogen (secondary N) is 2. The van der Waals surface area contributed by atoms with Crippen LogP contribution in [-0.2, 0) is 11.2 Å². The number of rotatable bonds is 6. The molecule has 114 valence electrons. The Morgan fingerprint density at radius 1 is 1.43 bits per heavy atom. The highest BCUT2D eigenvalue weighted by Gasteiger charge is 2.21. The first kappa shape index (κ1) is 15.5. The van der Waals surface area contributed by atoms with Crippen LogP contribution in [0.1, 0.15) is 19.4 Å². The third kappa shape index (κ3) is 3.83. The molecule has 0 bridgehead atoms. The van der Waals surface area contributed by atoms with Gasteiger partial charge in [0.25, 0.3) is 0 Å². The SMILES string of the molecule is CC(C)(CO)CNC(=O)[C@@H](N)Cc1c[nH]c2ccccc12. The Hall–Kier alpha value is -1.85. The highest BCUT2D eigenvalue weighted by atomic mass is 16.3. The van der Waals surface area contributed by atoms with E-state index in [1.807, 2.05) is 44.3 Å². The zero-order valence-electron chi connectivity index (χ0n) is 12.5. The summed E-state index contributed by atoms with van der Waals surface area (Å²) in [6, 6.07) is 7.34. The summed E-state index contributed by atoms with van der Waals surface area (Å²) in [5.74, 6) is -0.193. The third-order valence-corrected chi connectivity index (χ3v) is 3.62. The van der Waals surface area contributed by atoms with Gasteiger partial charge in [-0.25, -0.2) is 0 Å². The van der Waals surface area contributed by atoms with Crippen molar-refractivity contribution in [2.45, 2.75) is 26.3 Å². The van der Waals surface area contributed by atoms with Gasteiger partial charge < -0.3 is 21.1 Å². The van der Waals surface area contributed by atoms with Gasteiger partial charge in [0, 0.05) is 35.7 Å². The molecule has 2 aromatic rings. The highest BCUT2D eigenvalue weighted by Crippen LogP contribution is 2.19. The number of aromatic nitrogens is 1. The lowest BCUT2D eigenvalue weighted by Gasteiger charge is -2.23. The first-order chi connectivity index (χ1) is 9.93. The maximum Gasteiger partial charge on any atom is 0.237 e. The first-order valence-electron chi connectivity index (χ1n) is 7.12. The second-order valence-corrected chi connectivity index (χ2v) is 6.21. The van der Waals surface area contributed by atoms with Crippen LogP contribution >= 0.6 is 0 Å². The van der Waals surface area contributed by atoms with E-state index in [9.17, 15) is 9.90 Å². The molecule has 5 heteroatoms. The molecule has 0 spiro atoms. The summed E-state index contributed by atoms with van der Waals surface area (Å²) in [7, 11) is 0. The quantitative estimate of drug-likeness (QED) is 0.643. The van der Waals surface area contributed by atoms with Gasteiger partial charge in [-0.15, -0.1) is 0 Å². The van der Waals surface area contributed by atoms with Crippen LogP contribution in [0.3, 0.4) is 0 Å². The number of carbonyl (C=O) groups is 1. The molecule has 0 fully saturated rings. The third-order valence-electron chi connectivity index (χ3n) is 3.62. The van der Waals surface area contributed by atoms with Crippen LogP contribution in [0.25, 0.3) is 10.9 Å². The van der Waals surface area contributed by atoms with Gasteiger partial charge in [0.1, 0.15) is 0 Å². The highest BCUT2D eigenvalue weighted by molar-refractivity contribution is 5.86. The second kappa shape index (κ2) is 6.28. The molecule has 0 saturated carbocycles. The number of H-pyrrole nitrogens is 1. The van der Waals surface area contributed by atoms with Crippen molar-refractivity contribution in [1.82, 2.24) is 10.3 Å². The van der Waals surface area contributed by atoms with Crippen LogP contribution in [-0.4, -0.2) is 35.2 Å². The van der Waals surface area contributed by atoms with Crippen molar-refractivity contribution in [3.63, 3.8) is 0 Å². The minimum Gasteiger partial charge on any atom is -0.396 e. The second-order valence-electron chi connectivity index (χ2n) is 6.21. The largest absolute Gasteiger partial charge is 0.396 e. The van der Waals surface area contributed by atoms with Gasteiger partial charge >= 0.3 is 0 Å². The molecular formula is C16H23N3O2. The van der Waals surface area contributed by atoms with Crippen LogP contribution in [0.4, 0.5) is 0 Å². The van der Waals surface area contributed by atoms with Crippen LogP contribution in [0.15, 0.2) is 30.5 Å². The smallest absolute Gasteiger partial charge is 0.237 e. The molecule has 1 amide bonds. The number of aromatic amines is 1. The van der Waals surface area contributed by atoms with Gasteiger partial charge in [0.05, 0.1) is 6.04 Å². The number of fused-ring (bicyclic) bond motifs is 1. The Bertz CT molecular complexity index is 619. The summed E-state index contributed by atoms with van der Waals surface area (Å²) in [6.45, 7) is 4.20. The minimum atomic E-state index is -0.598. The summed E-state index contributed by atoms with van der Waals surface area (Å²) in [4.78, 5) is 15.2. The number of hydrogen-bond acceptors (Lipinski definition) is 3. The number of para-hydroxylation sites is 1. The van der Waals surface area contributed by atoms with E-state index in [4.69, 9.17) is 5.73 Å². The normalized spacial score (nSPS) is 13.3. The lowest BCUT2D eigenvalue weighted by Crippen LogP contribution is -2.45. The van der Waals surface area contributed by atoms with Crippen LogP contribution in [0.5, 0.6) is 0 Å². The van der Waals surface area contributed by atoms with Crippen molar-refractivity contribution in [3.8, 4) is 0 Å². The molecule has 2 rings (SSSR count). The van der Waals surface area contributed by atoms with E-state index in [-0.39, 0.29) is 17.9 Å². The van der Waals surface area contributed by atoms with E-state index in [0.717, 1.165) is 16.5 Å². The van der Waals surface area contributed by atoms with Gasteiger partial charge in [-0.1, -0.05) is 32.0 Å².